The van der Waals surface area contributed by atoms with Crippen molar-refractivity contribution in [1.82, 2.24) is 0 Å². The van der Waals surface area contributed by atoms with Gasteiger partial charge < -0.3 is 15.7 Å². The number of carbonyl (C=O) groups is 1. The van der Waals surface area contributed by atoms with Crippen molar-refractivity contribution in [1.29, 1.82) is 0 Å². The minimum absolute atomic E-state index is 0.0878. The third kappa shape index (κ3) is 4.85. The van der Waals surface area contributed by atoms with Crippen LogP contribution in [-0.4, -0.2) is 16.1 Å². The molecular formula is C21H19N3O4. The molecule has 0 atom stereocenters. The molecule has 3 aromatic carbocycles. The van der Waals surface area contributed by atoms with Crippen LogP contribution in [-0.2, 0) is 12.8 Å². The lowest BCUT2D eigenvalue weighted by Gasteiger charge is -2.13. The van der Waals surface area contributed by atoms with Crippen molar-refractivity contribution in [2.75, 3.05) is 10.6 Å². The summed E-state index contributed by atoms with van der Waals surface area (Å²) < 4.78 is 0. The van der Waals surface area contributed by atoms with Gasteiger partial charge >= 0.3 is 6.03 Å². The molecule has 0 aromatic heterocycles. The standard InChI is InChI=1S/C21H19N3O4/c25-20-14-17(24(27)28)12-13-19(20)23-21(26)22-18-9-5-4-8-16(18)11-10-15-6-2-1-3-7-15/h1-9,12-14,25H,10-11H2,(H2,22,23,26). The lowest BCUT2D eigenvalue weighted by molar-refractivity contribution is -0.384. The summed E-state index contributed by atoms with van der Waals surface area (Å²) in [7, 11) is 0. The van der Waals surface area contributed by atoms with Crippen molar-refractivity contribution in [3.8, 4) is 5.75 Å². The topological polar surface area (TPSA) is 104 Å². The number of non-ortho nitro benzene ring substituents is 1. The summed E-state index contributed by atoms with van der Waals surface area (Å²) in [5.74, 6) is -0.373. The van der Waals surface area contributed by atoms with Crippen molar-refractivity contribution in [3.63, 3.8) is 0 Å². The third-order valence-electron chi connectivity index (χ3n) is 4.23. The number of hydrogen-bond acceptors (Lipinski definition) is 4. The second-order valence-corrected chi connectivity index (χ2v) is 6.18. The van der Waals surface area contributed by atoms with Crippen LogP contribution in [0.4, 0.5) is 21.9 Å². The SMILES string of the molecule is O=C(Nc1ccc([N+](=O)[O-])cc1O)Nc1ccccc1CCc1ccccc1. The van der Waals surface area contributed by atoms with Crippen molar-refractivity contribution in [3.05, 3.63) is 94.0 Å². The molecule has 0 aliphatic rings. The highest BCUT2D eigenvalue weighted by Crippen LogP contribution is 2.28. The average Bonchev–Trinajstić information content (AvgIpc) is 2.69. The lowest BCUT2D eigenvalue weighted by atomic mass is 10.0. The molecule has 2 amide bonds. The summed E-state index contributed by atoms with van der Waals surface area (Å²) >= 11 is 0. The largest absolute Gasteiger partial charge is 0.506 e. The number of nitrogens with one attached hydrogen (secondary N) is 2. The van der Waals surface area contributed by atoms with Crippen molar-refractivity contribution in [2.45, 2.75) is 12.8 Å². The van der Waals surface area contributed by atoms with E-state index in [4.69, 9.17) is 0 Å². The maximum atomic E-state index is 12.3. The maximum Gasteiger partial charge on any atom is 0.323 e. The van der Waals surface area contributed by atoms with E-state index in [1.54, 1.807) is 6.07 Å². The zero-order valence-corrected chi connectivity index (χ0v) is 15.0. The zero-order valence-electron chi connectivity index (χ0n) is 15.0. The van der Waals surface area contributed by atoms with Crippen LogP contribution in [0.1, 0.15) is 11.1 Å². The minimum atomic E-state index is -0.618. The van der Waals surface area contributed by atoms with E-state index in [1.807, 2.05) is 36.4 Å². The Morgan fingerprint density at radius 1 is 0.893 bits per heavy atom. The number of nitro groups is 1. The van der Waals surface area contributed by atoms with Gasteiger partial charge in [-0.2, -0.15) is 0 Å². The van der Waals surface area contributed by atoms with Gasteiger partial charge in [-0.1, -0.05) is 48.5 Å². The number of aryl methyl sites for hydroxylation is 2. The Labute approximate surface area is 161 Å². The van der Waals surface area contributed by atoms with Gasteiger partial charge in [0.15, 0.2) is 0 Å². The number of nitro benzene ring substituents is 1. The van der Waals surface area contributed by atoms with E-state index >= 15 is 0 Å². The molecule has 3 N–H and O–H groups in total. The van der Waals surface area contributed by atoms with Gasteiger partial charge in [-0.15, -0.1) is 0 Å². The smallest absolute Gasteiger partial charge is 0.323 e. The Hall–Kier alpha value is -3.87. The van der Waals surface area contributed by atoms with Crippen LogP contribution in [0.15, 0.2) is 72.8 Å². The summed E-state index contributed by atoms with van der Waals surface area (Å²) in [6, 6.07) is 20.5. The Bertz CT molecular complexity index is 990. The quantitative estimate of drug-likeness (QED) is 0.328. The molecule has 0 spiro atoms. The Balaban J connectivity index is 1.66. The highest BCUT2D eigenvalue weighted by Gasteiger charge is 2.13. The molecule has 0 heterocycles. The number of aromatic hydroxyl groups is 1. The van der Waals surface area contributed by atoms with E-state index in [1.165, 1.54) is 17.7 Å². The normalized spacial score (nSPS) is 10.3. The second-order valence-electron chi connectivity index (χ2n) is 6.18. The van der Waals surface area contributed by atoms with E-state index in [2.05, 4.69) is 22.8 Å². The van der Waals surface area contributed by atoms with Gasteiger partial charge in [0.05, 0.1) is 16.7 Å². The molecule has 0 aliphatic heterocycles. The molecule has 7 heteroatoms. The van der Waals surface area contributed by atoms with E-state index in [-0.39, 0.29) is 17.1 Å². The maximum absolute atomic E-state index is 12.3. The number of carbonyl (C=O) groups excluding carboxylic acids is 1. The summed E-state index contributed by atoms with van der Waals surface area (Å²) in [6.07, 6.45) is 1.59. The molecule has 3 rings (SSSR count). The number of nitrogens with zero attached hydrogens (tertiary/aromatic N) is 1. The third-order valence-corrected chi connectivity index (χ3v) is 4.23. The van der Waals surface area contributed by atoms with E-state index < -0.39 is 11.0 Å². The zero-order chi connectivity index (χ0) is 19.9. The first-order valence-corrected chi connectivity index (χ1v) is 8.70. The Kier molecular flexibility index (Phi) is 5.86. The number of amides is 2. The predicted octanol–water partition coefficient (Wildman–Crippen LogP) is 4.73. The molecule has 0 saturated heterocycles. The van der Waals surface area contributed by atoms with Crippen molar-refractivity contribution >= 4 is 23.1 Å². The monoisotopic (exact) mass is 377 g/mol. The number of benzene rings is 3. The Morgan fingerprint density at radius 2 is 1.57 bits per heavy atom. The predicted molar refractivity (Wildman–Crippen MR) is 108 cm³/mol. The van der Waals surface area contributed by atoms with Gasteiger partial charge in [0, 0.05) is 11.8 Å². The van der Waals surface area contributed by atoms with Crippen LogP contribution in [0.2, 0.25) is 0 Å². The molecule has 0 unspecified atom stereocenters. The molecule has 28 heavy (non-hydrogen) atoms. The number of anilines is 2. The fourth-order valence-corrected chi connectivity index (χ4v) is 2.80. The number of hydrogen-bond donors (Lipinski definition) is 3. The first-order valence-electron chi connectivity index (χ1n) is 8.70. The molecular weight excluding hydrogens is 358 g/mol. The fraction of sp³-hybridized carbons (Fsp3) is 0.0952. The Morgan fingerprint density at radius 3 is 2.29 bits per heavy atom. The molecule has 0 radical (unpaired) electrons. The first-order chi connectivity index (χ1) is 13.5. The highest BCUT2D eigenvalue weighted by molar-refractivity contribution is 6.01. The van der Waals surface area contributed by atoms with Gasteiger partial charge in [-0.3, -0.25) is 10.1 Å². The van der Waals surface area contributed by atoms with Crippen LogP contribution < -0.4 is 10.6 Å². The molecule has 0 saturated carbocycles. The lowest BCUT2D eigenvalue weighted by Crippen LogP contribution is -2.20. The van der Waals surface area contributed by atoms with Crippen LogP contribution in [0.25, 0.3) is 0 Å². The van der Waals surface area contributed by atoms with E-state index in [0.717, 1.165) is 24.5 Å². The molecule has 0 bridgehead atoms. The minimum Gasteiger partial charge on any atom is -0.506 e. The van der Waals surface area contributed by atoms with Gasteiger partial charge in [0.2, 0.25) is 0 Å². The van der Waals surface area contributed by atoms with Crippen LogP contribution >= 0.6 is 0 Å². The van der Waals surface area contributed by atoms with Crippen molar-refractivity contribution in [2.24, 2.45) is 0 Å². The van der Waals surface area contributed by atoms with E-state index in [9.17, 15) is 20.0 Å². The molecule has 3 aromatic rings. The van der Waals surface area contributed by atoms with Gasteiger partial charge in [0.1, 0.15) is 5.75 Å². The van der Waals surface area contributed by atoms with E-state index in [0.29, 0.717) is 5.69 Å². The number of phenolic OH excluding ortho intramolecular Hbond substituents is 1. The second kappa shape index (κ2) is 8.68. The van der Waals surface area contributed by atoms with Crippen LogP contribution in [0.5, 0.6) is 5.75 Å². The van der Waals surface area contributed by atoms with Gasteiger partial charge in [-0.05, 0) is 36.1 Å². The summed E-state index contributed by atoms with van der Waals surface area (Å²) in [5, 5.41) is 25.9. The average molecular weight is 377 g/mol. The van der Waals surface area contributed by atoms with Gasteiger partial charge in [0.25, 0.3) is 5.69 Å². The number of urea groups is 1. The van der Waals surface area contributed by atoms with Gasteiger partial charge in [-0.25, -0.2) is 4.79 Å². The number of rotatable bonds is 6. The molecule has 142 valence electrons. The highest BCUT2D eigenvalue weighted by atomic mass is 16.6. The number of para-hydroxylation sites is 1. The first kappa shape index (κ1) is 18.9. The van der Waals surface area contributed by atoms with Crippen LogP contribution in [0.3, 0.4) is 0 Å². The summed E-state index contributed by atoms with van der Waals surface area (Å²) in [5.41, 5.74) is 2.68. The molecule has 0 fully saturated rings. The molecule has 7 nitrogen and oxygen atoms in total. The fourth-order valence-electron chi connectivity index (χ4n) is 2.80. The molecule has 0 aliphatic carbocycles. The van der Waals surface area contributed by atoms with Crippen LogP contribution in [0, 0.1) is 10.1 Å². The van der Waals surface area contributed by atoms with Crippen molar-refractivity contribution < 1.29 is 14.8 Å². The summed E-state index contributed by atoms with van der Waals surface area (Å²) in [6.45, 7) is 0. The summed E-state index contributed by atoms with van der Waals surface area (Å²) in [4.78, 5) is 22.4. The number of phenols is 1.